The first-order chi connectivity index (χ1) is 9.56. The topological polar surface area (TPSA) is 81.2 Å². The maximum Gasteiger partial charge on any atom is 0.237 e. The number of imidazole rings is 1. The zero-order valence-electron chi connectivity index (χ0n) is 11.2. The van der Waals surface area contributed by atoms with Gasteiger partial charge in [-0.1, -0.05) is 12.1 Å². The van der Waals surface area contributed by atoms with Crippen molar-refractivity contribution in [2.45, 2.75) is 12.3 Å². The Bertz CT molecular complexity index is 692. The molecule has 0 radical (unpaired) electrons. The summed E-state index contributed by atoms with van der Waals surface area (Å²) < 4.78 is 2.01. The number of fused-ring (bicyclic) bond motifs is 1. The van der Waals surface area contributed by atoms with Crippen molar-refractivity contribution in [3.63, 3.8) is 0 Å². The van der Waals surface area contributed by atoms with Crippen molar-refractivity contribution in [3.8, 4) is 0 Å². The molecule has 2 amide bonds. The maximum absolute atomic E-state index is 11.9. The van der Waals surface area contributed by atoms with E-state index in [-0.39, 0.29) is 18.4 Å². The van der Waals surface area contributed by atoms with Crippen LogP contribution in [0.5, 0.6) is 0 Å². The number of hydrogen-bond acceptors (Lipinski definition) is 3. The van der Waals surface area contributed by atoms with Gasteiger partial charge < -0.3 is 15.2 Å². The average molecular weight is 272 g/mol. The molecule has 1 atom stereocenters. The number of aromatic nitrogens is 2. The van der Waals surface area contributed by atoms with E-state index in [2.05, 4.69) is 4.98 Å². The summed E-state index contributed by atoms with van der Waals surface area (Å²) in [6.45, 7) is 0.484. The highest BCUT2D eigenvalue weighted by atomic mass is 16.2. The summed E-state index contributed by atoms with van der Waals surface area (Å²) in [7, 11) is 1.95. The molecular weight excluding hydrogens is 256 g/mol. The van der Waals surface area contributed by atoms with E-state index in [0.29, 0.717) is 13.0 Å². The third kappa shape index (κ3) is 2.03. The molecule has 6 heteroatoms. The zero-order chi connectivity index (χ0) is 14.3. The molecule has 104 valence electrons. The Balaban J connectivity index is 1.91. The molecule has 2 N–H and O–H groups in total. The minimum absolute atomic E-state index is 0.0132. The minimum atomic E-state index is -0.482. The number of nitrogens with two attached hydrogens (primary N) is 1. The minimum Gasteiger partial charge on any atom is -0.368 e. The Morgan fingerprint density at radius 1 is 1.45 bits per heavy atom. The largest absolute Gasteiger partial charge is 0.368 e. The Morgan fingerprint density at radius 3 is 2.90 bits per heavy atom. The first kappa shape index (κ1) is 12.7. The molecule has 1 aromatic heterocycles. The quantitative estimate of drug-likeness (QED) is 0.876. The molecule has 1 aliphatic heterocycles. The molecular formula is C14H16N4O2. The van der Waals surface area contributed by atoms with Crippen molar-refractivity contribution in [3.05, 3.63) is 30.1 Å². The molecule has 0 aliphatic carbocycles. The molecule has 3 rings (SSSR count). The molecule has 2 heterocycles. The number of carbonyl (C=O) groups excluding carboxylic acids is 2. The number of amides is 2. The average Bonchev–Trinajstić information content (AvgIpc) is 2.92. The Hall–Kier alpha value is -2.37. The van der Waals surface area contributed by atoms with Crippen molar-refractivity contribution < 1.29 is 9.59 Å². The summed E-state index contributed by atoms with van der Waals surface area (Å²) in [4.78, 5) is 29.0. The molecule has 20 heavy (non-hydrogen) atoms. The molecule has 1 aromatic carbocycles. The van der Waals surface area contributed by atoms with Gasteiger partial charge in [-0.3, -0.25) is 9.59 Å². The van der Waals surface area contributed by atoms with Crippen molar-refractivity contribution in [1.82, 2.24) is 14.5 Å². The highest BCUT2D eigenvalue weighted by Crippen LogP contribution is 2.29. The second kappa shape index (κ2) is 4.63. The van der Waals surface area contributed by atoms with Crippen molar-refractivity contribution in [2.24, 2.45) is 12.8 Å². The Morgan fingerprint density at radius 2 is 2.20 bits per heavy atom. The van der Waals surface area contributed by atoms with Crippen LogP contribution in [0.4, 0.5) is 0 Å². The smallest absolute Gasteiger partial charge is 0.237 e. The van der Waals surface area contributed by atoms with Crippen LogP contribution in [0.2, 0.25) is 0 Å². The number of likely N-dealkylation sites (tertiary alicyclic amines) is 1. The van der Waals surface area contributed by atoms with Gasteiger partial charge in [0.25, 0.3) is 0 Å². The lowest BCUT2D eigenvalue weighted by Gasteiger charge is -2.14. The van der Waals surface area contributed by atoms with Crippen LogP contribution >= 0.6 is 0 Å². The summed E-state index contributed by atoms with van der Waals surface area (Å²) in [5.74, 6) is 0.371. The van der Waals surface area contributed by atoms with E-state index in [9.17, 15) is 9.59 Å². The van der Waals surface area contributed by atoms with Gasteiger partial charge in [0.1, 0.15) is 5.82 Å². The number of aryl methyl sites for hydroxylation is 1. The van der Waals surface area contributed by atoms with Crippen LogP contribution in [0.25, 0.3) is 11.0 Å². The third-order valence-corrected chi connectivity index (χ3v) is 3.75. The normalized spacial score (nSPS) is 18.9. The van der Waals surface area contributed by atoms with E-state index < -0.39 is 5.91 Å². The molecule has 1 fully saturated rings. The predicted octanol–water partition coefficient (Wildman–Crippen LogP) is 0.375. The number of hydrogen-bond donors (Lipinski definition) is 1. The van der Waals surface area contributed by atoms with E-state index in [1.54, 1.807) is 0 Å². The molecule has 1 aliphatic rings. The van der Waals surface area contributed by atoms with Crippen LogP contribution in [0.1, 0.15) is 18.2 Å². The second-order valence-corrected chi connectivity index (χ2v) is 5.16. The van der Waals surface area contributed by atoms with E-state index in [1.807, 2.05) is 35.9 Å². The first-order valence-electron chi connectivity index (χ1n) is 6.53. The van der Waals surface area contributed by atoms with Gasteiger partial charge in [-0.2, -0.15) is 0 Å². The van der Waals surface area contributed by atoms with Crippen LogP contribution in [-0.2, 0) is 16.6 Å². The van der Waals surface area contributed by atoms with Gasteiger partial charge in [-0.05, 0) is 12.1 Å². The summed E-state index contributed by atoms with van der Waals surface area (Å²) in [6, 6.07) is 7.87. The van der Waals surface area contributed by atoms with Crippen LogP contribution < -0.4 is 5.73 Å². The number of para-hydroxylation sites is 2. The lowest BCUT2D eigenvalue weighted by atomic mass is 10.1. The SMILES string of the molecule is Cn1c(C2CC(=O)N(CC(N)=O)C2)nc2ccccc21. The van der Waals surface area contributed by atoms with Crippen LogP contribution in [-0.4, -0.2) is 39.4 Å². The summed E-state index contributed by atoms with van der Waals surface area (Å²) in [6.07, 6.45) is 0.379. The molecule has 0 bridgehead atoms. The number of carbonyl (C=O) groups is 2. The lowest BCUT2D eigenvalue weighted by molar-refractivity contribution is -0.132. The second-order valence-electron chi connectivity index (χ2n) is 5.16. The van der Waals surface area contributed by atoms with Gasteiger partial charge in [0.2, 0.25) is 11.8 Å². The van der Waals surface area contributed by atoms with E-state index in [0.717, 1.165) is 16.9 Å². The molecule has 6 nitrogen and oxygen atoms in total. The first-order valence-corrected chi connectivity index (χ1v) is 6.53. The number of primary amides is 1. The van der Waals surface area contributed by atoms with Crippen molar-refractivity contribution in [1.29, 1.82) is 0 Å². The fourth-order valence-electron chi connectivity index (χ4n) is 2.82. The number of nitrogens with zero attached hydrogens (tertiary/aromatic N) is 3. The maximum atomic E-state index is 11.9. The molecule has 2 aromatic rings. The van der Waals surface area contributed by atoms with Crippen LogP contribution in [0.3, 0.4) is 0 Å². The molecule has 1 unspecified atom stereocenters. The van der Waals surface area contributed by atoms with E-state index in [1.165, 1.54) is 4.90 Å². The summed E-state index contributed by atoms with van der Waals surface area (Å²) in [5, 5.41) is 0. The van der Waals surface area contributed by atoms with Crippen LogP contribution in [0.15, 0.2) is 24.3 Å². The van der Waals surface area contributed by atoms with Gasteiger partial charge in [0.15, 0.2) is 0 Å². The Kier molecular flexibility index (Phi) is 2.93. The van der Waals surface area contributed by atoms with Gasteiger partial charge in [0.05, 0.1) is 17.6 Å². The van der Waals surface area contributed by atoms with Crippen molar-refractivity contribution >= 4 is 22.8 Å². The third-order valence-electron chi connectivity index (χ3n) is 3.75. The van der Waals surface area contributed by atoms with E-state index in [4.69, 9.17) is 5.73 Å². The molecule has 0 spiro atoms. The highest BCUT2D eigenvalue weighted by Gasteiger charge is 2.33. The van der Waals surface area contributed by atoms with Crippen LogP contribution in [0, 0.1) is 0 Å². The number of rotatable bonds is 3. The van der Waals surface area contributed by atoms with Gasteiger partial charge in [0, 0.05) is 25.9 Å². The highest BCUT2D eigenvalue weighted by molar-refractivity contribution is 5.86. The fraction of sp³-hybridized carbons (Fsp3) is 0.357. The summed E-state index contributed by atoms with van der Waals surface area (Å²) in [5.41, 5.74) is 7.12. The monoisotopic (exact) mass is 272 g/mol. The molecule has 1 saturated heterocycles. The standard InChI is InChI=1S/C14H16N4O2/c1-17-11-5-3-2-4-10(11)16-14(17)9-6-13(20)18(7-9)8-12(15)19/h2-5,9H,6-8H2,1H3,(H2,15,19). The zero-order valence-corrected chi connectivity index (χ0v) is 11.2. The Labute approximate surface area is 116 Å². The lowest BCUT2D eigenvalue weighted by Crippen LogP contribution is -2.34. The predicted molar refractivity (Wildman–Crippen MR) is 73.8 cm³/mol. The fourth-order valence-corrected chi connectivity index (χ4v) is 2.82. The van der Waals surface area contributed by atoms with Gasteiger partial charge in [-0.25, -0.2) is 4.98 Å². The van der Waals surface area contributed by atoms with E-state index >= 15 is 0 Å². The number of benzene rings is 1. The molecule has 0 saturated carbocycles. The van der Waals surface area contributed by atoms with Gasteiger partial charge in [-0.15, -0.1) is 0 Å². The van der Waals surface area contributed by atoms with Crippen molar-refractivity contribution in [2.75, 3.05) is 13.1 Å². The van der Waals surface area contributed by atoms with Gasteiger partial charge >= 0.3 is 0 Å². The summed E-state index contributed by atoms with van der Waals surface area (Å²) >= 11 is 0.